The van der Waals surface area contributed by atoms with E-state index in [9.17, 15) is 9.59 Å². The van der Waals surface area contributed by atoms with E-state index >= 15 is 0 Å². The molecule has 2 heterocycles. The molecular formula is C17H26O6. The molecule has 0 aromatic rings. The Morgan fingerprint density at radius 1 is 0.870 bits per heavy atom. The Morgan fingerprint density at radius 3 is 2.13 bits per heavy atom. The van der Waals surface area contributed by atoms with Crippen LogP contribution in [0.1, 0.15) is 51.9 Å². The second-order valence-electron chi connectivity index (χ2n) is 7.51. The first-order valence-electron chi connectivity index (χ1n) is 8.67. The van der Waals surface area contributed by atoms with E-state index in [-0.39, 0.29) is 0 Å². The maximum absolute atomic E-state index is 10.5. The minimum atomic E-state index is -0.675. The first-order chi connectivity index (χ1) is 10.9. The van der Waals surface area contributed by atoms with Gasteiger partial charge >= 0.3 is 11.9 Å². The van der Waals surface area contributed by atoms with Crippen LogP contribution < -0.4 is 0 Å². The highest BCUT2D eigenvalue weighted by Crippen LogP contribution is 2.43. The summed E-state index contributed by atoms with van der Waals surface area (Å²) in [4.78, 5) is 20.8. The number of epoxide rings is 2. The van der Waals surface area contributed by atoms with Crippen molar-refractivity contribution < 1.29 is 29.3 Å². The fraction of sp³-hybridized carbons (Fsp3) is 0.882. The van der Waals surface area contributed by atoms with Crippen LogP contribution >= 0.6 is 0 Å². The van der Waals surface area contributed by atoms with Crippen molar-refractivity contribution in [3.05, 3.63) is 0 Å². The van der Waals surface area contributed by atoms with E-state index in [0.717, 1.165) is 32.1 Å². The third-order valence-electron chi connectivity index (χ3n) is 5.64. The third kappa shape index (κ3) is 4.67. The van der Waals surface area contributed by atoms with Crippen LogP contribution in [-0.4, -0.2) is 46.6 Å². The number of hydrogen-bond acceptors (Lipinski definition) is 4. The van der Waals surface area contributed by atoms with E-state index in [2.05, 4.69) is 6.92 Å². The molecule has 4 rings (SSSR count). The molecule has 130 valence electrons. The van der Waals surface area contributed by atoms with Crippen LogP contribution in [-0.2, 0) is 19.1 Å². The SMILES string of the molecule is CC1CC2OC2CC1CC(=O)O.O=C(O)CC1CCC2OC2C1. The molecule has 7 atom stereocenters. The average Bonchev–Trinajstić information content (AvgIpc) is 3.33. The van der Waals surface area contributed by atoms with E-state index < -0.39 is 11.9 Å². The predicted molar refractivity (Wildman–Crippen MR) is 81.1 cm³/mol. The third-order valence-corrected chi connectivity index (χ3v) is 5.64. The number of hydrogen-bond donors (Lipinski definition) is 2. The summed E-state index contributed by atoms with van der Waals surface area (Å²) in [6, 6.07) is 0. The molecule has 2 saturated carbocycles. The second kappa shape index (κ2) is 6.77. The Bertz CT molecular complexity index is 464. The van der Waals surface area contributed by atoms with Crippen LogP contribution in [0.5, 0.6) is 0 Å². The lowest BCUT2D eigenvalue weighted by Crippen LogP contribution is -2.24. The van der Waals surface area contributed by atoms with Crippen LogP contribution in [0.3, 0.4) is 0 Å². The fourth-order valence-electron chi connectivity index (χ4n) is 4.11. The Labute approximate surface area is 136 Å². The Morgan fingerprint density at radius 2 is 1.48 bits per heavy atom. The molecule has 0 spiro atoms. The standard InChI is InChI=1S/C9H14O3.C8H12O3/c1-5-2-7-8(12-7)3-6(5)4-9(10)11;9-8(10)4-5-1-2-6-7(3-5)11-6/h5-8H,2-4H2,1H3,(H,10,11);5-7H,1-4H2,(H,9,10). The molecule has 7 unspecified atom stereocenters. The van der Waals surface area contributed by atoms with Gasteiger partial charge in [0.25, 0.3) is 0 Å². The molecule has 6 heteroatoms. The molecule has 2 N–H and O–H groups in total. The smallest absolute Gasteiger partial charge is 0.303 e. The van der Waals surface area contributed by atoms with Crippen molar-refractivity contribution in [1.82, 2.24) is 0 Å². The Hall–Kier alpha value is -1.14. The number of carbonyl (C=O) groups is 2. The first kappa shape index (κ1) is 16.7. The van der Waals surface area contributed by atoms with Gasteiger partial charge in [0.15, 0.2) is 0 Å². The van der Waals surface area contributed by atoms with Gasteiger partial charge in [0, 0.05) is 12.8 Å². The largest absolute Gasteiger partial charge is 0.481 e. The lowest BCUT2D eigenvalue weighted by atomic mass is 9.79. The summed E-state index contributed by atoms with van der Waals surface area (Å²) >= 11 is 0. The number of rotatable bonds is 4. The van der Waals surface area contributed by atoms with Gasteiger partial charge in [-0.15, -0.1) is 0 Å². The minimum absolute atomic E-state index is 0.313. The van der Waals surface area contributed by atoms with Gasteiger partial charge in [-0.2, -0.15) is 0 Å². The Balaban J connectivity index is 0.000000136. The van der Waals surface area contributed by atoms with Gasteiger partial charge in [-0.25, -0.2) is 0 Å². The highest BCUT2D eigenvalue weighted by atomic mass is 16.6. The molecule has 0 aromatic carbocycles. The van der Waals surface area contributed by atoms with Crippen LogP contribution in [0.4, 0.5) is 0 Å². The summed E-state index contributed by atoms with van der Waals surface area (Å²) in [5.41, 5.74) is 0. The van der Waals surface area contributed by atoms with Crippen LogP contribution in [0, 0.1) is 17.8 Å². The molecule has 23 heavy (non-hydrogen) atoms. The maximum Gasteiger partial charge on any atom is 0.303 e. The number of ether oxygens (including phenoxy) is 2. The van der Waals surface area contributed by atoms with Gasteiger partial charge in [-0.3, -0.25) is 9.59 Å². The first-order valence-corrected chi connectivity index (χ1v) is 8.67. The number of fused-ring (bicyclic) bond motifs is 2. The van der Waals surface area contributed by atoms with E-state index in [1.807, 2.05) is 0 Å². The van der Waals surface area contributed by atoms with Crippen molar-refractivity contribution in [2.75, 3.05) is 0 Å². The fourth-order valence-corrected chi connectivity index (χ4v) is 4.11. The van der Waals surface area contributed by atoms with Crippen LogP contribution in [0.2, 0.25) is 0 Å². The molecule has 2 saturated heterocycles. The van der Waals surface area contributed by atoms with Crippen molar-refractivity contribution in [2.45, 2.75) is 76.3 Å². The predicted octanol–water partition coefficient (Wildman–Crippen LogP) is 2.30. The van der Waals surface area contributed by atoms with Crippen molar-refractivity contribution in [3.8, 4) is 0 Å². The lowest BCUT2D eigenvalue weighted by Gasteiger charge is -2.24. The van der Waals surface area contributed by atoms with Gasteiger partial charge in [0.05, 0.1) is 24.4 Å². The summed E-state index contributed by atoms with van der Waals surface area (Å²) in [7, 11) is 0. The van der Waals surface area contributed by atoms with Crippen molar-refractivity contribution >= 4 is 11.9 Å². The second-order valence-corrected chi connectivity index (χ2v) is 7.51. The molecule has 0 aromatic heterocycles. The van der Waals surface area contributed by atoms with Crippen LogP contribution in [0.15, 0.2) is 0 Å². The quantitative estimate of drug-likeness (QED) is 0.769. The monoisotopic (exact) mass is 326 g/mol. The summed E-state index contributed by atoms with van der Waals surface area (Å²) in [5, 5.41) is 17.2. The molecule has 2 aliphatic heterocycles. The summed E-state index contributed by atoms with van der Waals surface area (Å²) in [5.74, 6) is -0.118. The highest BCUT2D eigenvalue weighted by molar-refractivity contribution is 5.67. The van der Waals surface area contributed by atoms with E-state index in [0.29, 0.717) is 55.0 Å². The molecule has 6 nitrogen and oxygen atoms in total. The van der Waals surface area contributed by atoms with Crippen LogP contribution in [0.25, 0.3) is 0 Å². The van der Waals surface area contributed by atoms with E-state index in [4.69, 9.17) is 19.7 Å². The van der Waals surface area contributed by atoms with E-state index in [1.54, 1.807) is 0 Å². The molecule has 4 aliphatic rings. The topological polar surface area (TPSA) is 99.7 Å². The summed E-state index contributed by atoms with van der Waals surface area (Å²) in [6.07, 6.45) is 7.48. The van der Waals surface area contributed by atoms with Crippen molar-refractivity contribution in [1.29, 1.82) is 0 Å². The molecule has 0 amide bonds. The summed E-state index contributed by atoms with van der Waals surface area (Å²) < 4.78 is 10.7. The molecule has 0 bridgehead atoms. The average molecular weight is 326 g/mol. The summed E-state index contributed by atoms with van der Waals surface area (Å²) in [6.45, 7) is 2.13. The number of carboxylic acid groups (broad SMARTS) is 2. The molecule has 4 fully saturated rings. The number of carboxylic acids is 2. The minimum Gasteiger partial charge on any atom is -0.481 e. The normalized spacial score (nSPS) is 43.3. The van der Waals surface area contributed by atoms with Gasteiger partial charge in [0.2, 0.25) is 0 Å². The zero-order chi connectivity index (χ0) is 16.6. The molecular weight excluding hydrogens is 300 g/mol. The van der Waals surface area contributed by atoms with Crippen molar-refractivity contribution in [3.63, 3.8) is 0 Å². The van der Waals surface area contributed by atoms with Gasteiger partial charge in [-0.05, 0) is 49.9 Å². The van der Waals surface area contributed by atoms with Gasteiger partial charge in [0.1, 0.15) is 0 Å². The van der Waals surface area contributed by atoms with Gasteiger partial charge < -0.3 is 19.7 Å². The zero-order valence-electron chi connectivity index (χ0n) is 13.5. The number of aliphatic carboxylic acids is 2. The zero-order valence-corrected chi connectivity index (χ0v) is 13.5. The lowest BCUT2D eigenvalue weighted by molar-refractivity contribution is -0.139. The highest BCUT2D eigenvalue weighted by Gasteiger charge is 2.47. The van der Waals surface area contributed by atoms with Gasteiger partial charge in [-0.1, -0.05) is 6.92 Å². The molecule has 2 aliphatic carbocycles. The van der Waals surface area contributed by atoms with E-state index in [1.165, 1.54) is 0 Å². The molecule has 0 radical (unpaired) electrons. The van der Waals surface area contributed by atoms with Crippen molar-refractivity contribution in [2.24, 2.45) is 17.8 Å². The Kier molecular flexibility index (Phi) is 4.92. The maximum atomic E-state index is 10.5.